The molecule has 0 spiro atoms. The third kappa shape index (κ3) is 2.39. The zero-order valence-electron chi connectivity index (χ0n) is 9.84. The molecule has 0 aromatic carbocycles. The van der Waals surface area contributed by atoms with E-state index in [0.29, 0.717) is 23.3 Å². The van der Waals surface area contributed by atoms with E-state index in [1.165, 1.54) is 7.11 Å². The summed E-state index contributed by atoms with van der Waals surface area (Å²) >= 11 is 0. The molecule has 1 atom stereocenters. The SMILES string of the molecule is CNC(C)c1nc(-c2ccc(OC)nn2)no1. The van der Waals surface area contributed by atoms with Crippen LogP contribution in [0.15, 0.2) is 16.7 Å². The van der Waals surface area contributed by atoms with Gasteiger partial charge in [-0.1, -0.05) is 5.16 Å². The van der Waals surface area contributed by atoms with Crippen LogP contribution >= 0.6 is 0 Å². The van der Waals surface area contributed by atoms with Gasteiger partial charge in [-0.15, -0.1) is 10.2 Å². The molecule has 0 aliphatic rings. The third-order valence-electron chi connectivity index (χ3n) is 2.32. The van der Waals surface area contributed by atoms with Gasteiger partial charge in [0.15, 0.2) is 0 Å². The summed E-state index contributed by atoms with van der Waals surface area (Å²) in [5.41, 5.74) is 0.545. The van der Waals surface area contributed by atoms with Gasteiger partial charge >= 0.3 is 0 Å². The Morgan fingerprint density at radius 2 is 2.18 bits per heavy atom. The molecule has 7 heteroatoms. The first kappa shape index (κ1) is 11.5. The van der Waals surface area contributed by atoms with Crippen LogP contribution < -0.4 is 10.1 Å². The Morgan fingerprint density at radius 1 is 1.35 bits per heavy atom. The van der Waals surface area contributed by atoms with Crippen LogP contribution in [0.25, 0.3) is 11.5 Å². The van der Waals surface area contributed by atoms with E-state index in [1.807, 2.05) is 14.0 Å². The van der Waals surface area contributed by atoms with Crippen LogP contribution in [-0.2, 0) is 0 Å². The van der Waals surface area contributed by atoms with Crippen molar-refractivity contribution in [2.75, 3.05) is 14.2 Å². The topological polar surface area (TPSA) is 86.0 Å². The van der Waals surface area contributed by atoms with E-state index in [0.717, 1.165) is 0 Å². The molecule has 2 rings (SSSR count). The van der Waals surface area contributed by atoms with E-state index >= 15 is 0 Å². The first-order chi connectivity index (χ1) is 8.24. The van der Waals surface area contributed by atoms with Crippen LogP contribution in [-0.4, -0.2) is 34.5 Å². The average molecular weight is 235 g/mol. The summed E-state index contributed by atoms with van der Waals surface area (Å²) in [6, 6.07) is 3.42. The highest BCUT2D eigenvalue weighted by Gasteiger charge is 2.14. The second-order valence-electron chi connectivity index (χ2n) is 3.43. The molecule has 90 valence electrons. The maximum Gasteiger partial charge on any atom is 0.243 e. The minimum absolute atomic E-state index is 0.00228. The molecule has 2 heterocycles. The standard InChI is InChI=1S/C10H13N5O2/c1-6(11-2)10-12-9(15-17-10)7-4-5-8(16-3)14-13-7/h4-6,11H,1-3H3. The second-order valence-corrected chi connectivity index (χ2v) is 3.43. The lowest BCUT2D eigenvalue weighted by atomic mass is 10.3. The molecule has 0 bridgehead atoms. The number of methoxy groups -OCH3 is 1. The molecule has 0 fully saturated rings. The van der Waals surface area contributed by atoms with Crippen molar-refractivity contribution >= 4 is 0 Å². The third-order valence-corrected chi connectivity index (χ3v) is 2.32. The molecule has 0 amide bonds. The predicted molar refractivity (Wildman–Crippen MR) is 59.4 cm³/mol. The van der Waals surface area contributed by atoms with E-state index in [-0.39, 0.29) is 6.04 Å². The normalized spacial score (nSPS) is 12.4. The van der Waals surface area contributed by atoms with Gasteiger partial charge < -0.3 is 14.6 Å². The van der Waals surface area contributed by atoms with Crippen molar-refractivity contribution in [3.8, 4) is 17.4 Å². The fourth-order valence-corrected chi connectivity index (χ4v) is 1.19. The van der Waals surface area contributed by atoms with Gasteiger partial charge in [0.25, 0.3) is 0 Å². The predicted octanol–water partition coefficient (Wildman–Crippen LogP) is 0.816. The Morgan fingerprint density at radius 3 is 2.76 bits per heavy atom. The van der Waals surface area contributed by atoms with Crippen LogP contribution in [0.2, 0.25) is 0 Å². The number of hydrogen-bond acceptors (Lipinski definition) is 7. The Hall–Kier alpha value is -2.02. The number of hydrogen-bond donors (Lipinski definition) is 1. The summed E-state index contributed by atoms with van der Waals surface area (Å²) in [4.78, 5) is 4.22. The van der Waals surface area contributed by atoms with Gasteiger partial charge in [0.2, 0.25) is 17.6 Å². The molecule has 2 aromatic rings. The minimum Gasteiger partial charge on any atom is -0.480 e. The number of aromatic nitrogens is 4. The zero-order chi connectivity index (χ0) is 12.3. The number of rotatable bonds is 4. The molecule has 0 aliphatic carbocycles. The molecule has 0 radical (unpaired) electrons. The smallest absolute Gasteiger partial charge is 0.243 e. The summed E-state index contributed by atoms with van der Waals surface area (Å²) in [7, 11) is 3.35. The van der Waals surface area contributed by atoms with Crippen molar-refractivity contribution < 1.29 is 9.26 Å². The Bertz CT molecular complexity index is 482. The lowest BCUT2D eigenvalue weighted by Gasteiger charge is -2.01. The highest BCUT2D eigenvalue weighted by molar-refractivity contribution is 5.47. The van der Waals surface area contributed by atoms with Gasteiger partial charge in [0, 0.05) is 6.07 Å². The van der Waals surface area contributed by atoms with E-state index in [9.17, 15) is 0 Å². The first-order valence-corrected chi connectivity index (χ1v) is 5.13. The monoisotopic (exact) mass is 235 g/mol. The van der Waals surface area contributed by atoms with Crippen LogP contribution in [0, 0.1) is 0 Å². The molecule has 17 heavy (non-hydrogen) atoms. The van der Waals surface area contributed by atoms with E-state index in [2.05, 4.69) is 25.7 Å². The lowest BCUT2D eigenvalue weighted by molar-refractivity contribution is 0.347. The fraction of sp³-hybridized carbons (Fsp3) is 0.400. The van der Waals surface area contributed by atoms with Gasteiger partial charge in [0.05, 0.1) is 13.2 Å². The van der Waals surface area contributed by atoms with E-state index in [4.69, 9.17) is 9.26 Å². The minimum atomic E-state index is 0.00228. The van der Waals surface area contributed by atoms with Crippen LogP contribution in [0.4, 0.5) is 0 Å². The van der Waals surface area contributed by atoms with E-state index in [1.54, 1.807) is 12.1 Å². The number of nitrogens with zero attached hydrogens (tertiary/aromatic N) is 4. The van der Waals surface area contributed by atoms with Crippen molar-refractivity contribution in [3.63, 3.8) is 0 Å². The average Bonchev–Trinajstić information content (AvgIpc) is 2.87. The van der Waals surface area contributed by atoms with Crippen LogP contribution in [0.3, 0.4) is 0 Å². The van der Waals surface area contributed by atoms with Crippen molar-refractivity contribution in [1.82, 2.24) is 25.7 Å². The molecule has 0 saturated heterocycles. The highest BCUT2D eigenvalue weighted by atomic mass is 16.5. The molecule has 0 aliphatic heterocycles. The second kappa shape index (κ2) is 4.88. The van der Waals surface area contributed by atoms with Crippen molar-refractivity contribution in [2.45, 2.75) is 13.0 Å². The zero-order valence-corrected chi connectivity index (χ0v) is 9.84. The summed E-state index contributed by atoms with van der Waals surface area (Å²) in [5.74, 6) is 1.37. The van der Waals surface area contributed by atoms with Gasteiger partial charge in [-0.2, -0.15) is 4.98 Å². The number of nitrogens with one attached hydrogen (secondary N) is 1. The van der Waals surface area contributed by atoms with Gasteiger partial charge in [-0.05, 0) is 20.0 Å². The van der Waals surface area contributed by atoms with Gasteiger partial charge in [-0.3, -0.25) is 0 Å². The lowest BCUT2D eigenvalue weighted by Crippen LogP contribution is -2.12. The molecule has 1 N–H and O–H groups in total. The van der Waals surface area contributed by atoms with Gasteiger partial charge in [0.1, 0.15) is 5.69 Å². The molecular formula is C10H13N5O2. The van der Waals surface area contributed by atoms with E-state index < -0.39 is 0 Å². The fourth-order valence-electron chi connectivity index (χ4n) is 1.19. The Balaban J connectivity index is 2.24. The molecule has 7 nitrogen and oxygen atoms in total. The van der Waals surface area contributed by atoms with Gasteiger partial charge in [-0.25, -0.2) is 0 Å². The maximum absolute atomic E-state index is 5.11. The summed E-state index contributed by atoms with van der Waals surface area (Å²) < 4.78 is 10.0. The van der Waals surface area contributed by atoms with Crippen molar-refractivity contribution in [3.05, 3.63) is 18.0 Å². The van der Waals surface area contributed by atoms with Crippen LogP contribution in [0.5, 0.6) is 5.88 Å². The molecule has 0 saturated carbocycles. The molecule has 1 unspecified atom stereocenters. The largest absolute Gasteiger partial charge is 0.480 e. The summed E-state index contributed by atoms with van der Waals surface area (Å²) in [6.07, 6.45) is 0. The van der Waals surface area contributed by atoms with Crippen molar-refractivity contribution in [2.24, 2.45) is 0 Å². The maximum atomic E-state index is 5.11. The summed E-state index contributed by atoms with van der Waals surface area (Å²) in [6.45, 7) is 1.93. The van der Waals surface area contributed by atoms with Crippen LogP contribution in [0.1, 0.15) is 18.9 Å². The number of ether oxygens (including phenoxy) is 1. The first-order valence-electron chi connectivity index (χ1n) is 5.13. The quantitative estimate of drug-likeness (QED) is 0.839. The summed E-state index contributed by atoms with van der Waals surface area (Å²) in [5, 5.41) is 14.6. The Kier molecular flexibility index (Phi) is 3.29. The Labute approximate surface area is 98.2 Å². The van der Waals surface area contributed by atoms with Crippen molar-refractivity contribution in [1.29, 1.82) is 0 Å². The molecule has 2 aromatic heterocycles. The highest BCUT2D eigenvalue weighted by Crippen LogP contribution is 2.17. The molecular weight excluding hydrogens is 222 g/mol.